The normalized spacial score (nSPS) is 28.0. The number of hydrogen-bond donors (Lipinski definition) is 1. The second kappa shape index (κ2) is 13.5. The molecule has 1 aromatic carbocycles. The third-order valence-corrected chi connectivity index (χ3v) is 20.2. The number of rotatable bonds is 9. The van der Waals surface area contributed by atoms with Gasteiger partial charge in [-0.15, -0.1) is 0 Å². The molecule has 258 valence electrons. The zero-order valence-corrected chi connectivity index (χ0v) is 32.0. The predicted octanol–water partition coefficient (Wildman–Crippen LogP) is 7.60. The molecule has 0 unspecified atom stereocenters. The van der Waals surface area contributed by atoms with Crippen molar-refractivity contribution < 1.29 is 36.1 Å². The van der Waals surface area contributed by atoms with Crippen LogP contribution in [0.2, 0.25) is 41.3 Å². The first-order valence-corrected chi connectivity index (χ1v) is 23.1. The molecule has 16 heteroatoms. The van der Waals surface area contributed by atoms with E-state index in [4.69, 9.17) is 44.5 Å². The lowest BCUT2D eigenvalue weighted by atomic mass is 10.1. The number of halogens is 2. The standard InChI is InChI=1S/C30H48ClFN3O8PSi2/c1-29(2,3)45(7,8)42-25-23(18-39-44(37)38-16-14-22(41-44)19-11-12-20(31)21(32)17-19)40-27(35-15-13-24(33)34-28(35)36)26(25)43-46(9,10)30(4,5)6/h11-13,15,17,22-23,25-27H,14,16,18H2,1-10H3,(H2,33,34,36)/t22-,23-,25-,26+,27-,44+/m1/s1. The SMILES string of the molecule is CC(C)(C)[Si](C)(C)O[C@H]1[C@H](O[Si](C)(C)C(C)(C)C)[C@@H](CO[P@]2(=O)OCC[C@H](c3ccc(Cl)c(F)c3)O2)O[C@H]1n1ccc(N)nc1=O. The van der Waals surface area contributed by atoms with Crippen LogP contribution in [0.5, 0.6) is 0 Å². The minimum Gasteiger partial charge on any atom is -0.408 e. The minimum absolute atomic E-state index is 0.0270. The highest BCUT2D eigenvalue weighted by Gasteiger charge is 2.55. The van der Waals surface area contributed by atoms with E-state index in [9.17, 15) is 13.8 Å². The molecule has 0 amide bonds. The van der Waals surface area contributed by atoms with Gasteiger partial charge in [0.2, 0.25) is 0 Å². The number of phosphoric acid groups is 1. The number of nitrogens with two attached hydrogens (primary N) is 1. The summed E-state index contributed by atoms with van der Waals surface area (Å²) < 4.78 is 67.1. The van der Waals surface area contributed by atoms with Crippen LogP contribution in [-0.2, 0) is 31.7 Å². The van der Waals surface area contributed by atoms with E-state index in [0.717, 1.165) is 0 Å². The summed E-state index contributed by atoms with van der Waals surface area (Å²) in [5, 5.41) is -0.385. The van der Waals surface area contributed by atoms with Crippen LogP contribution in [0.1, 0.15) is 65.9 Å². The van der Waals surface area contributed by atoms with Gasteiger partial charge in [0.25, 0.3) is 0 Å². The number of hydrogen-bond acceptors (Lipinski definition) is 10. The fourth-order valence-electron chi connectivity index (χ4n) is 4.67. The fourth-order valence-corrected chi connectivity index (χ4v) is 8.79. The maximum atomic E-state index is 14.2. The molecule has 46 heavy (non-hydrogen) atoms. The fraction of sp³-hybridized carbons (Fsp3) is 0.667. The molecule has 0 saturated carbocycles. The molecule has 2 aromatic rings. The molecular formula is C30H48ClFN3O8PSi2. The summed E-state index contributed by atoms with van der Waals surface area (Å²) >= 11 is 5.85. The number of anilines is 1. The summed E-state index contributed by atoms with van der Waals surface area (Å²) in [7, 11) is -9.09. The summed E-state index contributed by atoms with van der Waals surface area (Å²) in [5.74, 6) is -0.531. The molecule has 2 saturated heterocycles. The Morgan fingerprint density at radius 2 is 1.67 bits per heavy atom. The van der Waals surface area contributed by atoms with E-state index >= 15 is 0 Å². The Balaban J connectivity index is 1.69. The molecule has 0 spiro atoms. The number of nitrogens with zero attached hydrogens (tertiary/aromatic N) is 2. The summed E-state index contributed by atoms with van der Waals surface area (Å²) in [5.41, 5.74) is 5.66. The Hall–Kier alpha value is -1.46. The maximum Gasteiger partial charge on any atom is 0.475 e. The largest absolute Gasteiger partial charge is 0.475 e. The van der Waals surface area contributed by atoms with Crippen LogP contribution < -0.4 is 11.4 Å². The molecule has 2 aliphatic rings. The zero-order chi connectivity index (χ0) is 34.5. The Labute approximate surface area is 278 Å². The van der Waals surface area contributed by atoms with Crippen LogP contribution in [0, 0.1) is 5.82 Å². The topological polar surface area (TPSA) is 133 Å². The molecule has 6 atom stereocenters. The molecule has 11 nitrogen and oxygen atoms in total. The van der Waals surface area contributed by atoms with E-state index in [1.807, 2.05) is 0 Å². The average molecular weight is 720 g/mol. The maximum absolute atomic E-state index is 14.2. The quantitative estimate of drug-likeness (QED) is 0.204. The molecule has 0 bridgehead atoms. The third kappa shape index (κ3) is 8.21. The highest BCUT2D eigenvalue weighted by atomic mass is 35.5. The molecule has 2 aliphatic heterocycles. The van der Waals surface area contributed by atoms with Crippen molar-refractivity contribution >= 4 is 41.9 Å². The van der Waals surface area contributed by atoms with Crippen LogP contribution >= 0.6 is 19.4 Å². The van der Waals surface area contributed by atoms with Crippen molar-refractivity contribution in [3.8, 4) is 0 Å². The van der Waals surface area contributed by atoms with Gasteiger partial charge in [-0.2, -0.15) is 4.98 Å². The van der Waals surface area contributed by atoms with Gasteiger partial charge in [0.15, 0.2) is 22.9 Å². The lowest BCUT2D eigenvalue weighted by Crippen LogP contribution is -2.54. The van der Waals surface area contributed by atoms with Gasteiger partial charge in [-0.1, -0.05) is 59.2 Å². The van der Waals surface area contributed by atoms with Crippen LogP contribution in [0.4, 0.5) is 10.2 Å². The van der Waals surface area contributed by atoms with E-state index in [1.54, 1.807) is 6.07 Å². The molecule has 3 heterocycles. The van der Waals surface area contributed by atoms with Gasteiger partial charge in [-0.3, -0.25) is 18.1 Å². The summed E-state index contributed by atoms with van der Waals surface area (Å²) in [6, 6.07) is 5.80. The van der Waals surface area contributed by atoms with E-state index in [2.05, 4.69) is 72.7 Å². The Bertz CT molecular complexity index is 1520. The van der Waals surface area contributed by atoms with E-state index in [-0.39, 0.29) is 34.1 Å². The summed E-state index contributed by atoms with van der Waals surface area (Å²) in [6.45, 7) is 21.0. The molecule has 2 N–H and O–H groups in total. The number of ether oxygens (including phenoxy) is 1. The molecule has 2 fully saturated rings. The lowest BCUT2D eigenvalue weighted by molar-refractivity contribution is -0.0592. The minimum atomic E-state index is -4.13. The van der Waals surface area contributed by atoms with Gasteiger partial charge in [0, 0.05) is 12.6 Å². The monoisotopic (exact) mass is 719 g/mol. The van der Waals surface area contributed by atoms with Crippen LogP contribution in [0.3, 0.4) is 0 Å². The molecule has 0 aliphatic carbocycles. The van der Waals surface area contributed by atoms with Crippen LogP contribution in [0.25, 0.3) is 0 Å². The molecular weight excluding hydrogens is 672 g/mol. The van der Waals surface area contributed by atoms with Gasteiger partial charge in [0.05, 0.1) is 24.3 Å². The van der Waals surface area contributed by atoms with Crippen molar-refractivity contribution in [1.82, 2.24) is 9.55 Å². The van der Waals surface area contributed by atoms with Crippen LogP contribution in [0.15, 0.2) is 35.3 Å². The first kappa shape index (κ1) is 37.4. The molecule has 4 rings (SSSR count). The van der Waals surface area contributed by atoms with Crippen molar-refractivity contribution in [2.24, 2.45) is 0 Å². The van der Waals surface area contributed by atoms with Gasteiger partial charge in [0.1, 0.15) is 29.9 Å². The second-order valence-electron chi connectivity index (χ2n) is 14.9. The highest BCUT2D eigenvalue weighted by molar-refractivity contribution is 7.48. The van der Waals surface area contributed by atoms with Gasteiger partial charge >= 0.3 is 13.5 Å². The Morgan fingerprint density at radius 1 is 1.07 bits per heavy atom. The predicted molar refractivity (Wildman–Crippen MR) is 180 cm³/mol. The van der Waals surface area contributed by atoms with Gasteiger partial charge in [-0.25, -0.2) is 13.8 Å². The number of aromatic nitrogens is 2. The summed E-state index contributed by atoms with van der Waals surface area (Å²) in [4.78, 5) is 17.0. The van der Waals surface area contributed by atoms with Crippen molar-refractivity contribution in [3.05, 3.63) is 57.3 Å². The van der Waals surface area contributed by atoms with Gasteiger partial charge in [-0.05, 0) is 60.0 Å². The average Bonchev–Trinajstić information content (AvgIpc) is 3.23. The van der Waals surface area contributed by atoms with Crippen molar-refractivity contribution in [1.29, 1.82) is 0 Å². The molecule has 1 aromatic heterocycles. The van der Waals surface area contributed by atoms with Crippen LogP contribution in [-0.4, -0.2) is 57.7 Å². The van der Waals surface area contributed by atoms with E-state index in [0.29, 0.717) is 12.0 Å². The number of nitrogen functional groups attached to an aromatic ring is 1. The van der Waals surface area contributed by atoms with Crippen molar-refractivity contribution in [2.45, 2.75) is 115 Å². The van der Waals surface area contributed by atoms with Crippen molar-refractivity contribution in [3.63, 3.8) is 0 Å². The Kier molecular flexibility index (Phi) is 10.9. The molecule has 0 radical (unpaired) electrons. The number of phosphoric ester groups is 1. The first-order chi connectivity index (χ1) is 21.0. The van der Waals surface area contributed by atoms with Crippen molar-refractivity contribution in [2.75, 3.05) is 18.9 Å². The summed E-state index contributed by atoms with van der Waals surface area (Å²) in [6.07, 6.45) is -2.13. The lowest BCUT2D eigenvalue weighted by Gasteiger charge is -2.44. The van der Waals surface area contributed by atoms with Gasteiger partial charge < -0.3 is 19.3 Å². The number of benzene rings is 1. The Morgan fingerprint density at radius 3 is 2.24 bits per heavy atom. The second-order valence-corrected chi connectivity index (χ2v) is 26.5. The zero-order valence-electron chi connectivity index (χ0n) is 28.3. The highest BCUT2D eigenvalue weighted by Crippen LogP contribution is 2.57. The first-order valence-electron chi connectivity index (χ1n) is 15.4. The smallest absolute Gasteiger partial charge is 0.408 e. The third-order valence-electron chi connectivity index (χ3n) is 9.48. The van der Waals surface area contributed by atoms with E-state index in [1.165, 1.54) is 29.0 Å². The van der Waals surface area contributed by atoms with E-state index < -0.39 is 66.6 Å².